The average molecular weight is 249 g/mol. The highest BCUT2D eigenvalue weighted by molar-refractivity contribution is 7.71. The summed E-state index contributed by atoms with van der Waals surface area (Å²) in [4.78, 5) is 11.5. The SMILES string of the molecule is O=c1[nH][nH]c(=S)n1-c1ccc2sccc2c1. The molecule has 6 heteroatoms. The maximum absolute atomic E-state index is 11.5. The van der Waals surface area contributed by atoms with E-state index in [-0.39, 0.29) is 5.69 Å². The molecule has 0 unspecified atom stereocenters. The van der Waals surface area contributed by atoms with Crippen molar-refractivity contribution in [2.24, 2.45) is 0 Å². The normalized spacial score (nSPS) is 11.0. The van der Waals surface area contributed by atoms with Gasteiger partial charge in [0.2, 0.25) is 4.77 Å². The predicted octanol–water partition coefficient (Wildman–Crippen LogP) is 2.44. The molecule has 0 radical (unpaired) electrons. The van der Waals surface area contributed by atoms with E-state index in [0.29, 0.717) is 4.77 Å². The molecule has 0 fully saturated rings. The Labute approximate surface area is 99.2 Å². The standard InChI is InChI=1S/C10H7N3OS2/c14-9-11-12-10(15)13(9)7-1-2-8-6(5-7)3-4-16-8/h1-5H,(H,11,14)(H,12,15). The van der Waals surface area contributed by atoms with E-state index in [1.54, 1.807) is 11.3 Å². The summed E-state index contributed by atoms with van der Waals surface area (Å²) in [5, 5.41) is 8.22. The van der Waals surface area contributed by atoms with E-state index in [4.69, 9.17) is 12.2 Å². The lowest BCUT2D eigenvalue weighted by Crippen LogP contribution is -2.14. The molecule has 2 N–H and O–H groups in total. The first-order valence-corrected chi connectivity index (χ1v) is 5.92. The van der Waals surface area contributed by atoms with Crippen LogP contribution in [-0.2, 0) is 0 Å². The van der Waals surface area contributed by atoms with Crippen molar-refractivity contribution >= 4 is 33.6 Å². The first-order chi connectivity index (χ1) is 7.75. The molecular formula is C10H7N3OS2. The van der Waals surface area contributed by atoms with Crippen LogP contribution in [0.5, 0.6) is 0 Å². The summed E-state index contributed by atoms with van der Waals surface area (Å²) in [5.74, 6) is 0. The van der Waals surface area contributed by atoms with Crippen LogP contribution in [0, 0.1) is 4.77 Å². The summed E-state index contributed by atoms with van der Waals surface area (Å²) in [5.41, 5.74) is 0.526. The number of nitrogens with zero attached hydrogens (tertiary/aromatic N) is 1. The molecule has 4 nitrogen and oxygen atoms in total. The monoisotopic (exact) mass is 249 g/mol. The zero-order chi connectivity index (χ0) is 11.1. The molecule has 0 saturated heterocycles. The summed E-state index contributed by atoms with van der Waals surface area (Å²) in [6.07, 6.45) is 0. The number of fused-ring (bicyclic) bond motifs is 1. The zero-order valence-electron chi connectivity index (χ0n) is 8.06. The summed E-state index contributed by atoms with van der Waals surface area (Å²) >= 11 is 6.71. The smallest absolute Gasteiger partial charge is 0.272 e. The third-order valence-electron chi connectivity index (χ3n) is 2.38. The van der Waals surface area contributed by atoms with Crippen molar-refractivity contribution in [2.45, 2.75) is 0 Å². The van der Waals surface area contributed by atoms with Crippen molar-refractivity contribution in [3.05, 3.63) is 44.9 Å². The minimum absolute atomic E-state index is 0.250. The number of aromatic nitrogens is 3. The fraction of sp³-hybridized carbons (Fsp3) is 0. The molecule has 0 aliphatic heterocycles. The Morgan fingerprint density at radius 3 is 2.88 bits per heavy atom. The van der Waals surface area contributed by atoms with E-state index >= 15 is 0 Å². The number of hydrogen-bond acceptors (Lipinski definition) is 3. The highest BCUT2D eigenvalue weighted by atomic mass is 32.1. The first kappa shape index (κ1) is 9.56. The van der Waals surface area contributed by atoms with Gasteiger partial charge >= 0.3 is 5.69 Å². The van der Waals surface area contributed by atoms with E-state index in [2.05, 4.69) is 10.2 Å². The minimum Gasteiger partial charge on any atom is -0.272 e. The lowest BCUT2D eigenvalue weighted by molar-refractivity contribution is 0.978. The van der Waals surface area contributed by atoms with Gasteiger partial charge < -0.3 is 0 Å². The molecule has 3 aromatic rings. The van der Waals surface area contributed by atoms with E-state index in [0.717, 1.165) is 11.1 Å². The van der Waals surface area contributed by atoms with Gasteiger partial charge in [0.15, 0.2) is 0 Å². The van der Waals surface area contributed by atoms with Crippen LogP contribution < -0.4 is 5.69 Å². The minimum atomic E-state index is -0.250. The number of hydrogen-bond donors (Lipinski definition) is 2. The van der Waals surface area contributed by atoms with Crippen LogP contribution in [0.3, 0.4) is 0 Å². The summed E-state index contributed by atoms with van der Waals surface area (Å²) in [6.45, 7) is 0. The molecule has 2 aromatic heterocycles. The molecule has 0 aliphatic rings. The van der Waals surface area contributed by atoms with Gasteiger partial charge in [-0.1, -0.05) is 0 Å². The summed E-state index contributed by atoms with van der Waals surface area (Å²) < 4.78 is 3.01. The maximum Gasteiger partial charge on any atom is 0.347 e. The van der Waals surface area contributed by atoms with Crippen molar-refractivity contribution < 1.29 is 0 Å². The molecule has 0 spiro atoms. The molecule has 0 saturated carbocycles. The molecule has 16 heavy (non-hydrogen) atoms. The lowest BCUT2D eigenvalue weighted by atomic mass is 10.2. The Bertz CT molecular complexity index is 734. The van der Waals surface area contributed by atoms with Crippen molar-refractivity contribution in [2.75, 3.05) is 0 Å². The Morgan fingerprint density at radius 1 is 1.25 bits per heavy atom. The molecule has 80 valence electrons. The maximum atomic E-state index is 11.5. The van der Waals surface area contributed by atoms with Crippen molar-refractivity contribution in [1.82, 2.24) is 14.8 Å². The first-order valence-electron chi connectivity index (χ1n) is 4.63. The largest absolute Gasteiger partial charge is 0.347 e. The number of benzene rings is 1. The number of thiophene rings is 1. The van der Waals surface area contributed by atoms with E-state index in [9.17, 15) is 4.79 Å². The van der Waals surface area contributed by atoms with Crippen LogP contribution in [-0.4, -0.2) is 14.8 Å². The van der Waals surface area contributed by atoms with Crippen LogP contribution in [0.25, 0.3) is 15.8 Å². The summed E-state index contributed by atoms with van der Waals surface area (Å²) in [7, 11) is 0. The highest BCUT2D eigenvalue weighted by Crippen LogP contribution is 2.22. The number of aromatic amines is 2. The fourth-order valence-electron chi connectivity index (χ4n) is 1.64. The predicted molar refractivity (Wildman–Crippen MR) is 67.0 cm³/mol. The van der Waals surface area contributed by atoms with Gasteiger partial charge in [0.25, 0.3) is 0 Å². The number of H-pyrrole nitrogens is 2. The van der Waals surface area contributed by atoms with E-state index < -0.39 is 0 Å². The van der Waals surface area contributed by atoms with Crippen molar-refractivity contribution in [3.8, 4) is 5.69 Å². The van der Waals surface area contributed by atoms with Gasteiger partial charge in [-0.05, 0) is 47.2 Å². The summed E-state index contributed by atoms with van der Waals surface area (Å²) in [6, 6.07) is 7.85. The van der Waals surface area contributed by atoms with Gasteiger partial charge in [-0.25, -0.2) is 14.5 Å². The van der Waals surface area contributed by atoms with Gasteiger partial charge in [-0.2, -0.15) is 0 Å². The van der Waals surface area contributed by atoms with Crippen LogP contribution in [0.2, 0.25) is 0 Å². The molecule has 2 heterocycles. The Hall–Kier alpha value is -1.66. The molecular weight excluding hydrogens is 242 g/mol. The second kappa shape index (κ2) is 3.43. The van der Waals surface area contributed by atoms with Crippen LogP contribution in [0.1, 0.15) is 0 Å². The molecule has 1 aromatic carbocycles. The Kier molecular flexibility index (Phi) is 2.05. The van der Waals surface area contributed by atoms with E-state index in [1.165, 1.54) is 9.27 Å². The van der Waals surface area contributed by atoms with Crippen LogP contribution >= 0.6 is 23.6 Å². The van der Waals surface area contributed by atoms with Gasteiger partial charge in [-0.15, -0.1) is 11.3 Å². The number of rotatable bonds is 1. The van der Waals surface area contributed by atoms with E-state index in [1.807, 2.05) is 29.6 Å². The highest BCUT2D eigenvalue weighted by Gasteiger charge is 2.04. The molecule has 0 bridgehead atoms. The molecule has 0 amide bonds. The van der Waals surface area contributed by atoms with Crippen molar-refractivity contribution in [1.29, 1.82) is 0 Å². The third-order valence-corrected chi connectivity index (χ3v) is 3.56. The average Bonchev–Trinajstić information content (AvgIpc) is 2.85. The topological polar surface area (TPSA) is 53.6 Å². The van der Waals surface area contributed by atoms with Gasteiger partial charge in [0.1, 0.15) is 0 Å². The lowest BCUT2D eigenvalue weighted by Gasteiger charge is -1.99. The third kappa shape index (κ3) is 1.35. The van der Waals surface area contributed by atoms with Crippen molar-refractivity contribution in [3.63, 3.8) is 0 Å². The molecule has 0 aliphatic carbocycles. The van der Waals surface area contributed by atoms with Gasteiger partial charge in [0.05, 0.1) is 5.69 Å². The van der Waals surface area contributed by atoms with Crippen LogP contribution in [0.15, 0.2) is 34.4 Å². The second-order valence-electron chi connectivity index (χ2n) is 3.34. The quantitative estimate of drug-likeness (QED) is 0.651. The van der Waals surface area contributed by atoms with Crippen LogP contribution in [0.4, 0.5) is 0 Å². The molecule has 0 atom stereocenters. The van der Waals surface area contributed by atoms with Gasteiger partial charge in [-0.3, -0.25) is 5.10 Å². The fourth-order valence-corrected chi connectivity index (χ4v) is 2.65. The zero-order valence-corrected chi connectivity index (χ0v) is 9.69. The Morgan fingerprint density at radius 2 is 2.12 bits per heavy atom. The second-order valence-corrected chi connectivity index (χ2v) is 4.67. The molecule has 3 rings (SSSR count). The number of nitrogens with one attached hydrogen (secondary N) is 2. The Balaban J connectivity index is 2.34. The van der Waals surface area contributed by atoms with Gasteiger partial charge in [0, 0.05) is 4.70 Å².